The lowest BCUT2D eigenvalue weighted by molar-refractivity contribution is -0.384. The predicted octanol–water partition coefficient (Wildman–Crippen LogP) is 3.10. The molecule has 2 rings (SSSR count). The quantitative estimate of drug-likeness (QED) is 0.499. The summed E-state index contributed by atoms with van der Waals surface area (Å²) in [6.07, 6.45) is -0.424. The van der Waals surface area contributed by atoms with Crippen LogP contribution < -0.4 is 10.1 Å². The molecular weight excluding hydrogens is 328 g/mol. The van der Waals surface area contributed by atoms with Crippen LogP contribution in [0.25, 0.3) is 0 Å². The van der Waals surface area contributed by atoms with Gasteiger partial charge in [-0.05, 0) is 31.0 Å². The number of hydrogen-bond acceptors (Lipinski definition) is 5. The molecule has 2 unspecified atom stereocenters. The molecule has 0 aromatic heterocycles. The van der Waals surface area contributed by atoms with E-state index in [-0.39, 0.29) is 23.1 Å². The Morgan fingerprint density at radius 2 is 2.08 bits per heavy atom. The van der Waals surface area contributed by atoms with Crippen LogP contribution >= 0.6 is 0 Å². The predicted molar refractivity (Wildman–Crippen MR) is 94.0 cm³/mol. The molecule has 0 bridgehead atoms. The molecule has 0 radical (unpaired) electrons. The van der Waals surface area contributed by atoms with E-state index in [0.29, 0.717) is 17.9 Å². The van der Waals surface area contributed by atoms with E-state index >= 15 is 0 Å². The number of nitro benzene ring substituents is 1. The molecule has 1 aromatic rings. The maximum Gasteiger partial charge on any atom is 0.271 e. The third-order valence-corrected chi connectivity index (χ3v) is 4.44. The number of carbonyl (C=O) groups is 1. The average Bonchev–Trinajstić information content (AvgIpc) is 2.43. The second-order valence-electron chi connectivity index (χ2n) is 7.45. The molecule has 132 valence electrons. The van der Waals surface area contributed by atoms with Crippen molar-refractivity contribution in [2.24, 2.45) is 5.41 Å². The van der Waals surface area contributed by atoms with Crippen LogP contribution in [0.1, 0.15) is 27.2 Å². The van der Waals surface area contributed by atoms with Crippen LogP contribution in [0.3, 0.4) is 0 Å². The summed E-state index contributed by atoms with van der Waals surface area (Å²) in [6.45, 7) is 10.4. The van der Waals surface area contributed by atoms with E-state index in [4.69, 9.17) is 9.16 Å². The number of carbonyl (C=O) groups excluding carboxylic acids is 1. The highest BCUT2D eigenvalue weighted by Crippen LogP contribution is 2.35. The summed E-state index contributed by atoms with van der Waals surface area (Å²) in [5.74, 6) is 0.102. The van der Waals surface area contributed by atoms with Crippen molar-refractivity contribution in [3.8, 4) is 5.75 Å². The molecular formula is C16H24N2O5Si. The monoisotopic (exact) mass is 352 g/mol. The number of nitrogens with one attached hydrogen (secondary N) is 1. The van der Waals surface area contributed by atoms with Crippen LogP contribution in [0.15, 0.2) is 18.2 Å². The van der Waals surface area contributed by atoms with Crippen LogP contribution in [0.4, 0.5) is 11.4 Å². The number of benzene rings is 1. The molecule has 8 heteroatoms. The van der Waals surface area contributed by atoms with Crippen molar-refractivity contribution >= 4 is 26.3 Å². The molecule has 7 nitrogen and oxygen atoms in total. The number of rotatable bonds is 5. The Morgan fingerprint density at radius 3 is 2.62 bits per heavy atom. The molecule has 24 heavy (non-hydrogen) atoms. The topological polar surface area (TPSA) is 90.7 Å². The molecule has 1 aliphatic heterocycles. The van der Waals surface area contributed by atoms with E-state index in [1.54, 1.807) is 0 Å². The Labute approximate surface area is 143 Å². The van der Waals surface area contributed by atoms with E-state index in [1.165, 1.54) is 18.2 Å². The smallest absolute Gasteiger partial charge is 0.271 e. The van der Waals surface area contributed by atoms with E-state index < -0.39 is 20.1 Å². The Bertz CT molecular complexity index is 642. The van der Waals surface area contributed by atoms with E-state index in [1.807, 2.05) is 13.1 Å². The van der Waals surface area contributed by atoms with Crippen LogP contribution in [0.5, 0.6) is 5.75 Å². The number of ether oxygens (including phenoxy) is 1. The van der Waals surface area contributed by atoms with Gasteiger partial charge in [0.15, 0.2) is 9.04 Å². The molecule has 1 aromatic carbocycles. The van der Waals surface area contributed by atoms with Gasteiger partial charge in [-0.15, -0.1) is 0 Å². The summed E-state index contributed by atoms with van der Waals surface area (Å²) in [5, 5.41) is 13.6. The molecule has 2 atom stereocenters. The first kappa shape index (κ1) is 18.4. The van der Waals surface area contributed by atoms with E-state index in [2.05, 4.69) is 26.1 Å². The molecule has 1 N–H and O–H groups in total. The maximum atomic E-state index is 12.5. The fourth-order valence-corrected chi connectivity index (χ4v) is 3.59. The summed E-state index contributed by atoms with van der Waals surface area (Å²) < 4.78 is 11.9. The minimum atomic E-state index is -1.37. The summed E-state index contributed by atoms with van der Waals surface area (Å²) in [6, 6.07) is 4.19. The van der Waals surface area contributed by atoms with Gasteiger partial charge in [0, 0.05) is 12.1 Å². The second-order valence-corrected chi connectivity index (χ2v) is 9.82. The molecule has 0 saturated heterocycles. The highest BCUT2D eigenvalue weighted by Gasteiger charge is 2.38. The fourth-order valence-electron chi connectivity index (χ4n) is 2.65. The van der Waals surface area contributed by atoms with Crippen LogP contribution in [-0.2, 0) is 9.22 Å². The van der Waals surface area contributed by atoms with Crippen LogP contribution in [-0.4, -0.2) is 32.1 Å². The zero-order chi connectivity index (χ0) is 18.1. The average molecular weight is 352 g/mol. The van der Waals surface area contributed by atoms with Crippen LogP contribution in [0, 0.1) is 15.5 Å². The van der Waals surface area contributed by atoms with Gasteiger partial charge in [0.25, 0.3) is 11.6 Å². The molecule has 0 spiro atoms. The van der Waals surface area contributed by atoms with Gasteiger partial charge in [-0.2, -0.15) is 0 Å². The van der Waals surface area contributed by atoms with Crippen molar-refractivity contribution < 1.29 is 18.9 Å². The van der Waals surface area contributed by atoms with E-state index in [0.717, 1.165) is 0 Å². The SMILES string of the molecule is C[SiH](C)OC(CC(C)(C)C)C1Oc2ccc([N+](=O)[O-])cc2NC1=O. The number of nitrogens with zero attached hydrogens (tertiary/aromatic N) is 1. The zero-order valence-corrected chi connectivity index (χ0v) is 15.8. The standard InChI is InChI=1S/C16H24N2O5Si/c1-16(2,3)9-13(23-24(4)5)14-15(19)17-11-8-10(18(20)21)6-7-12(11)22-14/h6-8,13-14,24H,9H2,1-5H3,(H,17,19). The molecule has 0 saturated carbocycles. The fraction of sp³-hybridized carbons (Fsp3) is 0.562. The van der Waals surface area contributed by atoms with Gasteiger partial charge in [-0.25, -0.2) is 0 Å². The van der Waals surface area contributed by atoms with Gasteiger partial charge < -0.3 is 14.5 Å². The van der Waals surface area contributed by atoms with Gasteiger partial charge in [0.05, 0.1) is 16.7 Å². The van der Waals surface area contributed by atoms with Crippen molar-refractivity contribution in [1.29, 1.82) is 0 Å². The number of hydrogen-bond donors (Lipinski definition) is 1. The summed E-state index contributed by atoms with van der Waals surface area (Å²) in [7, 11) is -1.37. The Balaban J connectivity index is 2.27. The lowest BCUT2D eigenvalue weighted by atomic mass is 9.87. The molecule has 1 heterocycles. The third kappa shape index (κ3) is 4.54. The number of amides is 1. The Morgan fingerprint density at radius 1 is 1.42 bits per heavy atom. The van der Waals surface area contributed by atoms with Gasteiger partial charge >= 0.3 is 0 Å². The maximum absolute atomic E-state index is 12.5. The first-order valence-electron chi connectivity index (χ1n) is 7.98. The normalized spacial score (nSPS) is 18.6. The number of anilines is 1. The molecule has 0 aliphatic carbocycles. The van der Waals surface area contributed by atoms with Crippen molar-refractivity contribution in [2.75, 3.05) is 5.32 Å². The Kier molecular flexibility index (Phi) is 5.29. The van der Waals surface area contributed by atoms with Crippen molar-refractivity contribution in [2.45, 2.75) is 52.5 Å². The highest BCUT2D eigenvalue weighted by atomic mass is 28.3. The molecule has 0 fully saturated rings. The third-order valence-electron chi connectivity index (χ3n) is 3.54. The minimum Gasteiger partial charge on any atom is -0.476 e. The van der Waals surface area contributed by atoms with Gasteiger partial charge in [0.1, 0.15) is 5.75 Å². The van der Waals surface area contributed by atoms with Crippen LogP contribution in [0.2, 0.25) is 13.1 Å². The first-order valence-corrected chi connectivity index (χ1v) is 10.8. The van der Waals surface area contributed by atoms with Gasteiger partial charge in [0.2, 0.25) is 6.10 Å². The summed E-state index contributed by atoms with van der Waals surface area (Å²) >= 11 is 0. The second kappa shape index (κ2) is 6.90. The largest absolute Gasteiger partial charge is 0.476 e. The zero-order valence-electron chi connectivity index (χ0n) is 14.7. The highest BCUT2D eigenvalue weighted by molar-refractivity contribution is 6.48. The number of nitro groups is 1. The lowest BCUT2D eigenvalue weighted by Gasteiger charge is -2.35. The number of non-ortho nitro benzene ring substituents is 1. The Hall–Kier alpha value is -1.93. The number of fused-ring (bicyclic) bond motifs is 1. The first-order chi connectivity index (χ1) is 11.1. The van der Waals surface area contributed by atoms with Crippen molar-refractivity contribution in [3.63, 3.8) is 0 Å². The minimum absolute atomic E-state index is 0.0205. The van der Waals surface area contributed by atoms with Gasteiger partial charge in [-0.3, -0.25) is 14.9 Å². The van der Waals surface area contributed by atoms with Gasteiger partial charge in [-0.1, -0.05) is 20.8 Å². The molecule has 1 amide bonds. The summed E-state index contributed by atoms with van der Waals surface area (Å²) in [5.41, 5.74) is 0.211. The summed E-state index contributed by atoms with van der Waals surface area (Å²) in [4.78, 5) is 22.8. The van der Waals surface area contributed by atoms with Crippen molar-refractivity contribution in [1.82, 2.24) is 0 Å². The lowest BCUT2D eigenvalue weighted by Crippen LogP contribution is -2.49. The van der Waals surface area contributed by atoms with E-state index in [9.17, 15) is 14.9 Å². The van der Waals surface area contributed by atoms with Crippen molar-refractivity contribution in [3.05, 3.63) is 28.3 Å². The molecule has 1 aliphatic rings.